The first-order chi connectivity index (χ1) is 40.1. The van der Waals surface area contributed by atoms with E-state index in [-0.39, 0.29) is 12.5 Å². The average Bonchev–Trinajstić information content (AvgIpc) is 3.56. The first-order valence-electron chi connectivity index (χ1n) is 33.2. The number of carbonyl (C=O) groups is 1. The molecule has 14 heteroatoms. The summed E-state index contributed by atoms with van der Waals surface area (Å²) in [6.45, 7) is 2.75. The second-order valence-corrected chi connectivity index (χ2v) is 23.2. The summed E-state index contributed by atoms with van der Waals surface area (Å²) in [6.07, 6.45) is 53.5. The molecule has 476 valence electrons. The van der Waals surface area contributed by atoms with Gasteiger partial charge in [-0.3, -0.25) is 4.79 Å². The maximum Gasteiger partial charge on any atom is 0.220 e. The number of hydrogen-bond donors (Lipinski definition) is 9. The zero-order valence-corrected chi connectivity index (χ0v) is 51.5. The lowest BCUT2D eigenvalue weighted by Gasteiger charge is -2.46. The molecular weight excluding hydrogens is 1040 g/mol. The van der Waals surface area contributed by atoms with E-state index in [2.05, 4.69) is 92.1 Å². The number of ether oxygens (including phenoxy) is 4. The molecule has 2 heterocycles. The molecule has 2 aliphatic heterocycles. The van der Waals surface area contributed by atoms with E-state index in [1.54, 1.807) is 0 Å². The molecule has 0 spiro atoms. The molecule has 0 aromatic rings. The molecule has 2 aliphatic rings. The molecule has 2 saturated heterocycles. The summed E-state index contributed by atoms with van der Waals surface area (Å²) < 4.78 is 22.9. The minimum atomic E-state index is -1.78. The maximum atomic E-state index is 13.3. The standard InChI is InChI=1S/C68H121NO13/c1-3-5-7-9-11-13-15-17-18-19-20-21-22-23-24-25-26-27-28-29-30-31-32-33-34-35-36-37-38-40-42-44-46-48-50-52-60(73)69-56(57(72)51-49-47-45-43-41-39-16-14-12-10-8-6-4-2)55-79-67-65(78)63(76)66(59(54-71)81-67)82-68-64(77)62(75)61(74)58(53-70)80-68/h5,7,11,13,17-18,20-21,23-24,26-27,56-59,61-68,70-72,74-78H,3-4,6,8-10,12,14-16,19,22,25,28-55H2,1-2H3,(H,69,73)/b7-5-,13-11-,18-17-,21-20-,24-23-,27-26-. The topological polar surface area (TPSA) is 228 Å². The smallest absolute Gasteiger partial charge is 0.220 e. The fourth-order valence-electron chi connectivity index (χ4n) is 10.7. The lowest BCUT2D eigenvalue weighted by molar-refractivity contribution is -0.359. The van der Waals surface area contributed by atoms with Crippen molar-refractivity contribution >= 4 is 5.91 Å². The highest BCUT2D eigenvalue weighted by molar-refractivity contribution is 5.76. The van der Waals surface area contributed by atoms with Gasteiger partial charge in [0, 0.05) is 6.42 Å². The summed E-state index contributed by atoms with van der Waals surface area (Å²) in [4.78, 5) is 13.3. The lowest BCUT2D eigenvalue weighted by Crippen LogP contribution is -2.65. The monoisotopic (exact) mass is 1160 g/mol. The predicted octanol–water partition coefficient (Wildman–Crippen LogP) is 12.7. The fourth-order valence-corrected chi connectivity index (χ4v) is 10.7. The van der Waals surface area contributed by atoms with Crippen molar-refractivity contribution in [3.05, 3.63) is 72.9 Å². The Morgan fingerprint density at radius 3 is 1.29 bits per heavy atom. The van der Waals surface area contributed by atoms with Crippen LogP contribution in [0.5, 0.6) is 0 Å². The number of hydrogen-bond acceptors (Lipinski definition) is 13. The highest BCUT2D eigenvalue weighted by atomic mass is 16.7. The van der Waals surface area contributed by atoms with Crippen molar-refractivity contribution in [1.82, 2.24) is 5.32 Å². The van der Waals surface area contributed by atoms with Gasteiger partial charge < -0.3 is 65.1 Å². The van der Waals surface area contributed by atoms with Crippen LogP contribution in [0.25, 0.3) is 0 Å². The van der Waals surface area contributed by atoms with Gasteiger partial charge in [0.05, 0.1) is 32.0 Å². The predicted molar refractivity (Wildman–Crippen MR) is 332 cm³/mol. The molecule has 9 N–H and O–H groups in total. The van der Waals surface area contributed by atoms with Crippen LogP contribution in [0.4, 0.5) is 0 Å². The maximum absolute atomic E-state index is 13.3. The van der Waals surface area contributed by atoms with Crippen LogP contribution in [0.15, 0.2) is 72.9 Å². The normalized spacial score (nSPS) is 24.4. The summed E-state index contributed by atoms with van der Waals surface area (Å²) in [5, 5.41) is 87.3. The summed E-state index contributed by atoms with van der Waals surface area (Å²) in [7, 11) is 0. The van der Waals surface area contributed by atoms with Crippen molar-refractivity contribution < 1.29 is 64.6 Å². The summed E-state index contributed by atoms with van der Waals surface area (Å²) in [6, 6.07) is -0.830. The van der Waals surface area contributed by atoms with Gasteiger partial charge in [0.1, 0.15) is 48.8 Å². The van der Waals surface area contributed by atoms with E-state index >= 15 is 0 Å². The number of aliphatic hydroxyl groups is 8. The second kappa shape index (κ2) is 52.7. The van der Waals surface area contributed by atoms with E-state index in [9.17, 15) is 45.6 Å². The number of rotatable bonds is 53. The van der Waals surface area contributed by atoms with Crippen LogP contribution in [0.3, 0.4) is 0 Å². The lowest BCUT2D eigenvalue weighted by atomic mass is 9.97. The third kappa shape index (κ3) is 37.1. The molecule has 0 aliphatic carbocycles. The van der Waals surface area contributed by atoms with Crippen LogP contribution < -0.4 is 5.32 Å². The number of allylic oxidation sites excluding steroid dienone is 12. The molecule has 0 aromatic heterocycles. The molecule has 2 rings (SSSR count). The van der Waals surface area contributed by atoms with Gasteiger partial charge in [0.2, 0.25) is 5.91 Å². The molecule has 12 unspecified atom stereocenters. The van der Waals surface area contributed by atoms with Crippen molar-refractivity contribution in [2.45, 2.75) is 331 Å². The molecule has 12 atom stereocenters. The molecule has 82 heavy (non-hydrogen) atoms. The van der Waals surface area contributed by atoms with Crippen molar-refractivity contribution in [1.29, 1.82) is 0 Å². The quantitative estimate of drug-likeness (QED) is 0.0204. The first-order valence-corrected chi connectivity index (χ1v) is 33.2. The molecule has 14 nitrogen and oxygen atoms in total. The SMILES string of the molecule is CC/C=C\C/C=C\C/C=C\C/C=C\C/C=C\C/C=C\CCCCCCCCCCCCCCCCCCC(=O)NC(COC1OC(CO)C(OC2OC(CO)C(O)C(O)C2O)C(O)C1O)C(O)CCCCCCCCCCCCCCC. The van der Waals surface area contributed by atoms with Gasteiger partial charge in [0.15, 0.2) is 12.6 Å². The Hall–Kier alpha value is -2.57. The molecule has 2 fully saturated rings. The van der Waals surface area contributed by atoms with Crippen molar-refractivity contribution in [3.63, 3.8) is 0 Å². The Morgan fingerprint density at radius 2 is 0.841 bits per heavy atom. The van der Waals surface area contributed by atoms with Crippen LogP contribution in [0.1, 0.15) is 258 Å². The Kier molecular flexibility index (Phi) is 48.6. The molecule has 0 radical (unpaired) electrons. The molecule has 1 amide bonds. The number of carbonyl (C=O) groups excluding carboxylic acids is 1. The number of amides is 1. The number of aliphatic hydroxyl groups excluding tert-OH is 8. The Bertz CT molecular complexity index is 1650. The minimum Gasteiger partial charge on any atom is -0.394 e. The Balaban J connectivity index is 1.61. The van der Waals surface area contributed by atoms with Crippen LogP contribution in [-0.4, -0.2) is 140 Å². The van der Waals surface area contributed by atoms with Crippen LogP contribution in [-0.2, 0) is 23.7 Å². The van der Waals surface area contributed by atoms with Gasteiger partial charge in [-0.05, 0) is 64.2 Å². The van der Waals surface area contributed by atoms with Crippen molar-refractivity contribution in [2.75, 3.05) is 19.8 Å². The number of unbranched alkanes of at least 4 members (excludes halogenated alkanes) is 28. The van der Waals surface area contributed by atoms with Gasteiger partial charge in [-0.25, -0.2) is 0 Å². The van der Waals surface area contributed by atoms with Crippen molar-refractivity contribution in [2.24, 2.45) is 0 Å². The summed E-state index contributed by atoms with van der Waals surface area (Å²) in [5.41, 5.74) is 0. The van der Waals surface area contributed by atoms with Gasteiger partial charge in [0.25, 0.3) is 0 Å². The van der Waals surface area contributed by atoms with Crippen molar-refractivity contribution in [3.8, 4) is 0 Å². The van der Waals surface area contributed by atoms with Crippen LogP contribution in [0.2, 0.25) is 0 Å². The highest BCUT2D eigenvalue weighted by Crippen LogP contribution is 2.30. The number of nitrogens with one attached hydrogen (secondary N) is 1. The summed E-state index contributed by atoms with van der Waals surface area (Å²) >= 11 is 0. The van der Waals surface area contributed by atoms with E-state index in [0.29, 0.717) is 12.8 Å². The molecular formula is C68H121NO13. The van der Waals surface area contributed by atoms with E-state index in [0.717, 1.165) is 89.9 Å². The molecule has 0 aromatic carbocycles. The Labute approximate surface area is 498 Å². The zero-order valence-electron chi connectivity index (χ0n) is 51.5. The average molecular weight is 1160 g/mol. The third-order valence-corrected chi connectivity index (χ3v) is 15.9. The van der Waals surface area contributed by atoms with E-state index in [4.69, 9.17) is 18.9 Å². The molecule has 0 saturated carbocycles. The first kappa shape index (κ1) is 75.5. The van der Waals surface area contributed by atoms with E-state index < -0.39 is 86.8 Å². The van der Waals surface area contributed by atoms with Crippen LogP contribution in [0, 0.1) is 0 Å². The highest BCUT2D eigenvalue weighted by Gasteiger charge is 2.51. The van der Waals surface area contributed by atoms with Gasteiger partial charge in [-0.15, -0.1) is 0 Å². The second-order valence-electron chi connectivity index (χ2n) is 23.2. The summed E-state index contributed by atoms with van der Waals surface area (Å²) in [5.74, 6) is -0.207. The minimum absolute atomic E-state index is 0.207. The fraction of sp³-hybridized carbons (Fsp3) is 0.809. The largest absolute Gasteiger partial charge is 0.394 e. The van der Waals surface area contributed by atoms with Gasteiger partial charge >= 0.3 is 0 Å². The van der Waals surface area contributed by atoms with Crippen LogP contribution >= 0.6 is 0 Å². The third-order valence-electron chi connectivity index (χ3n) is 15.9. The van der Waals surface area contributed by atoms with E-state index in [1.165, 1.54) is 141 Å². The van der Waals surface area contributed by atoms with Gasteiger partial charge in [-0.1, -0.05) is 260 Å². The zero-order chi connectivity index (χ0) is 59.5. The Morgan fingerprint density at radius 1 is 0.451 bits per heavy atom. The molecule has 0 bridgehead atoms. The van der Waals surface area contributed by atoms with Gasteiger partial charge in [-0.2, -0.15) is 0 Å². The van der Waals surface area contributed by atoms with E-state index in [1.807, 2.05) is 0 Å².